The lowest BCUT2D eigenvalue weighted by atomic mass is 9.98. The van der Waals surface area contributed by atoms with Crippen LogP contribution in [0.1, 0.15) is 29.5 Å². The summed E-state index contributed by atoms with van der Waals surface area (Å²) in [6.07, 6.45) is 0.523. The lowest BCUT2D eigenvalue weighted by Crippen LogP contribution is -2.18. The Labute approximate surface area is 130 Å². The lowest BCUT2D eigenvalue weighted by Gasteiger charge is -2.21. The molecule has 0 radical (unpaired) electrons. The molecule has 0 aliphatic carbocycles. The Hall–Kier alpha value is -2.48. The van der Waals surface area contributed by atoms with Gasteiger partial charge in [-0.3, -0.25) is 14.9 Å². The van der Waals surface area contributed by atoms with Crippen LogP contribution in [0.4, 0.5) is 4.39 Å². The van der Waals surface area contributed by atoms with Crippen LogP contribution >= 0.6 is 0 Å². The fourth-order valence-corrected chi connectivity index (χ4v) is 3.01. The van der Waals surface area contributed by atoms with E-state index in [2.05, 4.69) is 4.98 Å². The van der Waals surface area contributed by atoms with Gasteiger partial charge in [0, 0.05) is 16.7 Å². The molecule has 1 aliphatic rings. The summed E-state index contributed by atoms with van der Waals surface area (Å²) in [5.41, 5.74) is 2.53. The molecule has 2 heterocycles. The molecule has 0 fully saturated rings. The number of fused-ring (bicyclic) bond motifs is 3. The van der Waals surface area contributed by atoms with Gasteiger partial charge in [-0.25, -0.2) is 4.39 Å². The van der Waals surface area contributed by atoms with E-state index in [0.717, 1.165) is 11.1 Å². The van der Waals surface area contributed by atoms with E-state index in [1.807, 2.05) is 0 Å². The molecule has 1 aliphatic heterocycles. The zero-order valence-electron chi connectivity index (χ0n) is 12.2. The molecule has 2 aromatic rings. The second kappa shape index (κ2) is 6.33. The molecular formula is C15H15FN2O5. The summed E-state index contributed by atoms with van der Waals surface area (Å²) in [4.78, 5) is 23.6. The minimum absolute atomic E-state index is 0.133. The smallest absolute Gasteiger partial charge is 0.295 e. The van der Waals surface area contributed by atoms with E-state index in [4.69, 9.17) is 9.47 Å². The number of rotatable bonds is 6. The maximum absolute atomic E-state index is 14.1. The van der Waals surface area contributed by atoms with Gasteiger partial charge in [0.25, 0.3) is 6.47 Å². The van der Waals surface area contributed by atoms with Crippen molar-refractivity contribution in [1.82, 2.24) is 4.98 Å². The molecule has 1 aromatic carbocycles. The number of nitro groups is 1. The van der Waals surface area contributed by atoms with Crippen molar-refractivity contribution in [2.45, 2.75) is 25.6 Å². The third-order valence-corrected chi connectivity index (χ3v) is 3.95. The minimum Gasteiger partial charge on any atom is -0.432 e. The molecular weight excluding hydrogens is 307 g/mol. The van der Waals surface area contributed by atoms with Gasteiger partial charge in [0.2, 0.25) is 12.8 Å². The number of hydrogen-bond acceptors (Lipinski definition) is 5. The van der Waals surface area contributed by atoms with E-state index in [9.17, 15) is 19.3 Å². The van der Waals surface area contributed by atoms with Crippen LogP contribution in [-0.2, 0) is 27.1 Å². The standard InChI is InChI=1S/C15H15FN2O5/c16-11-4-3-9(2-1-6-18(20)21)12-10-5-7-22-15(23-8-19)13(10)17-14(11)12/h3-4,8,15,17H,1-2,5-7H2. The number of H-pyrrole nitrogens is 1. The van der Waals surface area contributed by atoms with Crippen LogP contribution in [-0.4, -0.2) is 29.5 Å². The van der Waals surface area contributed by atoms with E-state index < -0.39 is 12.1 Å². The zero-order chi connectivity index (χ0) is 16.4. The predicted molar refractivity (Wildman–Crippen MR) is 78.0 cm³/mol. The van der Waals surface area contributed by atoms with Crippen molar-refractivity contribution in [3.63, 3.8) is 0 Å². The van der Waals surface area contributed by atoms with E-state index >= 15 is 0 Å². The Morgan fingerprint density at radius 1 is 1.52 bits per heavy atom. The highest BCUT2D eigenvalue weighted by molar-refractivity contribution is 5.89. The van der Waals surface area contributed by atoms with Crippen LogP contribution in [0.3, 0.4) is 0 Å². The first-order valence-corrected chi connectivity index (χ1v) is 7.26. The fourth-order valence-electron chi connectivity index (χ4n) is 3.01. The minimum atomic E-state index is -0.880. The summed E-state index contributed by atoms with van der Waals surface area (Å²) in [6.45, 7) is 0.508. The second-order valence-corrected chi connectivity index (χ2v) is 5.32. The molecule has 0 saturated carbocycles. The first-order chi connectivity index (χ1) is 11.1. The third-order valence-electron chi connectivity index (χ3n) is 3.95. The molecule has 23 heavy (non-hydrogen) atoms. The molecule has 0 saturated heterocycles. The molecule has 7 nitrogen and oxygen atoms in total. The first kappa shape index (κ1) is 15.4. The van der Waals surface area contributed by atoms with E-state index in [0.29, 0.717) is 48.9 Å². The van der Waals surface area contributed by atoms with Gasteiger partial charge in [-0.15, -0.1) is 0 Å². The molecule has 1 aromatic heterocycles. The zero-order valence-corrected chi connectivity index (χ0v) is 12.2. The number of halogens is 1. The van der Waals surface area contributed by atoms with Crippen LogP contribution in [0.2, 0.25) is 0 Å². The van der Waals surface area contributed by atoms with Crippen LogP contribution in [0.25, 0.3) is 10.9 Å². The van der Waals surface area contributed by atoms with Gasteiger partial charge < -0.3 is 14.5 Å². The normalized spacial score (nSPS) is 17.0. The Kier molecular flexibility index (Phi) is 4.24. The molecule has 122 valence electrons. The second-order valence-electron chi connectivity index (χ2n) is 5.32. The summed E-state index contributed by atoms with van der Waals surface area (Å²) in [5.74, 6) is -0.419. The average Bonchev–Trinajstić information content (AvgIpc) is 2.91. The topological polar surface area (TPSA) is 94.5 Å². The number of aryl methyl sites for hydroxylation is 1. The summed E-state index contributed by atoms with van der Waals surface area (Å²) in [7, 11) is 0. The fraction of sp³-hybridized carbons (Fsp3) is 0.400. The number of aromatic amines is 1. The number of carbonyl (C=O) groups excluding carboxylic acids is 1. The molecule has 1 unspecified atom stereocenters. The van der Waals surface area contributed by atoms with Gasteiger partial charge >= 0.3 is 0 Å². The number of carbonyl (C=O) groups is 1. The van der Waals surface area contributed by atoms with Crippen LogP contribution in [0, 0.1) is 15.9 Å². The van der Waals surface area contributed by atoms with Gasteiger partial charge in [0.1, 0.15) is 5.82 Å². The van der Waals surface area contributed by atoms with Gasteiger partial charge in [0.15, 0.2) is 0 Å². The summed E-state index contributed by atoms with van der Waals surface area (Å²) < 4.78 is 24.4. The summed E-state index contributed by atoms with van der Waals surface area (Å²) in [6, 6.07) is 2.99. The monoisotopic (exact) mass is 322 g/mol. The highest BCUT2D eigenvalue weighted by Crippen LogP contribution is 2.36. The van der Waals surface area contributed by atoms with Crippen LogP contribution in [0.15, 0.2) is 12.1 Å². The Balaban J connectivity index is 2.03. The van der Waals surface area contributed by atoms with Crippen molar-refractivity contribution in [2.24, 2.45) is 0 Å². The Morgan fingerprint density at radius 3 is 3.09 bits per heavy atom. The highest BCUT2D eigenvalue weighted by atomic mass is 19.1. The van der Waals surface area contributed by atoms with Crippen molar-refractivity contribution >= 4 is 17.4 Å². The number of benzene rings is 1. The number of aromatic nitrogens is 1. The van der Waals surface area contributed by atoms with Crippen LogP contribution in [0.5, 0.6) is 0 Å². The van der Waals surface area contributed by atoms with Gasteiger partial charge in [-0.1, -0.05) is 6.07 Å². The van der Waals surface area contributed by atoms with Gasteiger partial charge in [0.05, 0.1) is 17.8 Å². The summed E-state index contributed by atoms with van der Waals surface area (Å²) >= 11 is 0. The number of hydrogen-bond donors (Lipinski definition) is 1. The number of nitrogens with one attached hydrogen (secondary N) is 1. The van der Waals surface area contributed by atoms with E-state index in [-0.39, 0.29) is 11.5 Å². The maximum atomic E-state index is 14.1. The van der Waals surface area contributed by atoms with E-state index in [1.54, 1.807) is 6.07 Å². The Morgan fingerprint density at radius 2 is 2.35 bits per heavy atom. The number of nitrogens with zero attached hydrogens (tertiary/aromatic N) is 1. The molecule has 1 atom stereocenters. The third kappa shape index (κ3) is 2.89. The van der Waals surface area contributed by atoms with Crippen molar-refractivity contribution in [3.05, 3.63) is 44.9 Å². The number of ether oxygens (including phenoxy) is 2. The van der Waals surface area contributed by atoms with Gasteiger partial charge in [-0.2, -0.15) is 0 Å². The predicted octanol–water partition coefficient (Wildman–Crippen LogP) is 2.26. The molecule has 0 amide bonds. The molecule has 1 N–H and O–H groups in total. The van der Waals surface area contributed by atoms with Gasteiger partial charge in [-0.05, 0) is 30.0 Å². The molecule has 0 bridgehead atoms. The van der Waals surface area contributed by atoms with Crippen molar-refractivity contribution in [2.75, 3.05) is 13.2 Å². The van der Waals surface area contributed by atoms with Crippen LogP contribution < -0.4 is 0 Å². The van der Waals surface area contributed by atoms with E-state index in [1.165, 1.54) is 6.07 Å². The van der Waals surface area contributed by atoms with Crippen molar-refractivity contribution in [3.8, 4) is 0 Å². The quantitative estimate of drug-likeness (QED) is 0.500. The summed E-state index contributed by atoms with van der Waals surface area (Å²) in [5, 5.41) is 11.2. The highest BCUT2D eigenvalue weighted by Gasteiger charge is 2.28. The first-order valence-electron chi connectivity index (χ1n) is 7.26. The molecule has 8 heteroatoms. The van der Waals surface area contributed by atoms with Crippen molar-refractivity contribution < 1.29 is 23.6 Å². The Bertz CT molecular complexity index is 758. The lowest BCUT2D eigenvalue weighted by molar-refractivity contribution is -0.480. The van der Waals surface area contributed by atoms with Crippen molar-refractivity contribution in [1.29, 1.82) is 0 Å². The molecule has 0 spiro atoms. The molecule has 3 rings (SSSR count). The largest absolute Gasteiger partial charge is 0.432 e. The average molecular weight is 322 g/mol. The maximum Gasteiger partial charge on any atom is 0.295 e. The SMILES string of the molecule is O=COC1OCCc2c1[nH]c1c(F)ccc(CCC[N+](=O)[O-])c21.